The van der Waals surface area contributed by atoms with Gasteiger partial charge < -0.3 is 14.9 Å². The van der Waals surface area contributed by atoms with Gasteiger partial charge in [-0.2, -0.15) is 0 Å². The third kappa shape index (κ3) is 3.45. The molecular formula is C17H20N4O3. The van der Waals surface area contributed by atoms with Crippen LogP contribution in [-0.4, -0.2) is 32.8 Å². The summed E-state index contributed by atoms with van der Waals surface area (Å²) in [6, 6.07) is 1.44. The largest absolute Gasteiger partial charge is 0.352 e. The number of hydrogen-bond donors (Lipinski definition) is 2. The van der Waals surface area contributed by atoms with Crippen molar-refractivity contribution in [1.82, 2.24) is 19.9 Å². The van der Waals surface area contributed by atoms with Gasteiger partial charge >= 0.3 is 0 Å². The molecule has 0 aliphatic heterocycles. The van der Waals surface area contributed by atoms with Crippen LogP contribution in [0.1, 0.15) is 46.2 Å². The number of pyridine rings is 1. The fourth-order valence-corrected chi connectivity index (χ4v) is 2.97. The first-order valence-corrected chi connectivity index (χ1v) is 8.08. The molecule has 1 aliphatic carbocycles. The number of aromatic nitrogens is 3. The minimum atomic E-state index is -0.448. The molecular weight excluding hydrogens is 308 g/mol. The Bertz CT molecular complexity index is 808. The van der Waals surface area contributed by atoms with Crippen molar-refractivity contribution in [1.29, 1.82) is 0 Å². The molecule has 3 rings (SSSR count). The molecule has 0 saturated heterocycles. The van der Waals surface area contributed by atoms with Gasteiger partial charge in [-0.15, -0.1) is 0 Å². The van der Waals surface area contributed by atoms with E-state index in [1.807, 2.05) is 17.7 Å². The molecule has 0 fully saturated rings. The molecule has 0 saturated carbocycles. The van der Waals surface area contributed by atoms with Gasteiger partial charge in [0.2, 0.25) is 0 Å². The number of aromatic amines is 1. The molecule has 0 aromatic carbocycles. The van der Waals surface area contributed by atoms with E-state index >= 15 is 0 Å². The smallest absolute Gasteiger partial charge is 0.261 e. The van der Waals surface area contributed by atoms with Gasteiger partial charge in [-0.1, -0.05) is 6.92 Å². The number of imidazole rings is 1. The zero-order valence-electron chi connectivity index (χ0n) is 13.5. The first kappa shape index (κ1) is 16.2. The summed E-state index contributed by atoms with van der Waals surface area (Å²) >= 11 is 0. The molecule has 0 bridgehead atoms. The van der Waals surface area contributed by atoms with Crippen molar-refractivity contribution in [3.63, 3.8) is 0 Å². The highest BCUT2D eigenvalue weighted by Gasteiger charge is 2.25. The molecule has 0 radical (unpaired) electrons. The Labute approximate surface area is 139 Å². The normalized spacial score (nSPS) is 16.7. The van der Waals surface area contributed by atoms with Crippen LogP contribution in [0, 0.1) is 5.92 Å². The van der Waals surface area contributed by atoms with Crippen molar-refractivity contribution in [2.24, 2.45) is 5.92 Å². The third-order valence-corrected chi connectivity index (χ3v) is 4.19. The number of nitrogens with zero attached hydrogens (tertiary/aromatic N) is 2. The van der Waals surface area contributed by atoms with Gasteiger partial charge in [0.05, 0.1) is 6.33 Å². The summed E-state index contributed by atoms with van der Waals surface area (Å²) in [5.41, 5.74) is 0.665. The number of carbonyl (C=O) groups excluding carboxylic acids is 2. The zero-order chi connectivity index (χ0) is 17.1. The molecule has 2 aromatic rings. The summed E-state index contributed by atoms with van der Waals surface area (Å²) in [6.07, 6.45) is 7.09. The van der Waals surface area contributed by atoms with Crippen LogP contribution >= 0.6 is 0 Å². The average molecular weight is 328 g/mol. The number of aryl methyl sites for hydroxylation is 1. The summed E-state index contributed by atoms with van der Waals surface area (Å²) in [5, 5.41) is 2.73. The molecule has 7 nitrogen and oxygen atoms in total. The van der Waals surface area contributed by atoms with Crippen LogP contribution in [0.4, 0.5) is 0 Å². The molecule has 126 valence electrons. The predicted octanol–water partition coefficient (Wildman–Crippen LogP) is 1.16. The Morgan fingerprint density at radius 2 is 2.25 bits per heavy atom. The number of amides is 1. The van der Waals surface area contributed by atoms with E-state index < -0.39 is 11.5 Å². The first-order chi connectivity index (χ1) is 11.5. The van der Waals surface area contributed by atoms with Crippen LogP contribution in [0.25, 0.3) is 0 Å². The van der Waals surface area contributed by atoms with Crippen molar-refractivity contribution in [3.8, 4) is 0 Å². The highest BCUT2D eigenvalue weighted by Crippen LogP contribution is 2.23. The van der Waals surface area contributed by atoms with Gasteiger partial charge in [-0.05, 0) is 24.8 Å². The fraction of sp³-hybridized carbons (Fsp3) is 0.412. The second-order valence-electron chi connectivity index (χ2n) is 6.25. The summed E-state index contributed by atoms with van der Waals surface area (Å²) < 4.78 is 1.91. The Hall–Kier alpha value is -2.70. The highest BCUT2D eigenvalue weighted by molar-refractivity contribution is 6.01. The molecule has 7 heteroatoms. The van der Waals surface area contributed by atoms with Crippen LogP contribution in [0.5, 0.6) is 0 Å². The Morgan fingerprint density at radius 1 is 1.42 bits per heavy atom. The van der Waals surface area contributed by atoms with Gasteiger partial charge in [0.25, 0.3) is 11.5 Å². The van der Waals surface area contributed by atoms with Gasteiger partial charge in [-0.25, -0.2) is 4.98 Å². The predicted molar refractivity (Wildman–Crippen MR) is 88.1 cm³/mol. The van der Waals surface area contributed by atoms with Crippen LogP contribution < -0.4 is 10.9 Å². The van der Waals surface area contributed by atoms with Gasteiger partial charge in [-0.3, -0.25) is 14.4 Å². The van der Waals surface area contributed by atoms with E-state index in [9.17, 15) is 14.4 Å². The van der Waals surface area contributed by atoms with Crippen molar-refractivity contribution in [2.75, 3.05) is 6.54 Å². The molecule has 24 heavy (non-hydrogen) atoms. The van der Waals surface area contributed by atoms with Crippen LogP contribution in [-0.2, 0) is 13.0 Å². The molecule has 2 N–H and O–H groups in total. The van der Waals surface area contributed by atoms with Gasteiger partial charge in [0, 0.05) is 43.2 Å². The SMILES string of the molecule is CC1CC(=O)c2cc(C(=O)NCCCn3ccnc3)c(=O)[nH]c2C1. The lowest BCUT2D eigenvalue weighted by Gasteiger charge is -2.20. The minimum absolute atomic E-state index is 0.000663. The molecule has 0 spiro atoms. The summed E-state index contributed by atoms with van der Waals surface area (Å²) in [7, 11) is 0. The number of hydrogen-bond acceptors (Lipinski definition) is 4. The van der Waals surface area contributed by atoms with Crippen LogP contribution in [0.2, 0.25) is 0 Å². The summed E-state index contributed by atoms with van der Waals surface area (Å²) in [6.45, 7) is 3.15. The maximum atomic E-state index is 12.2. The van der Waals surface area contributed by atoms with E-state index in [1.165, 1.54) is 6.07 Å². The second kappa shape index (κ2) is 6.82. The highest BCUT2D eigenvalue weighted by atomic mass is 16.2. The van der Waals surface area contributed by atoms with E-state index in [2.05, 4.69) is 15.3 Å². The number of ketones is 1. The lowest BCUT2D eigenvalue weighted by molar-refractivity contribution is 0.0950. The van der Waals surface area contributed by atoms with E-state index in [0.29, 0.717) is 30.6 Å². The maximum Gasteiger partial charge on any atom is 0.261 e. The molecule has 2 heterocycles. The van der Waals surface area contributed by atoms with Crippen molar-refractivity contribution >= 4 is 11.7 Å². The van der Waals surface area contributed by atoms with Crippen LogP contribution in [0.3, 0.4) is 0 Å². The number of rotatable bonds is 5. The molecule has 1 aliphatic rings. The van der Waals surface area contributed by atoms with E-state index in [-0.39, 0.29) is 17.3 Å². The van der Waals surface area contributed by atoms with Crippen molar-refractivity contribution in [2.45, 2.75) is 32.7 Å². The Morgan fingerprint density at radius 3 is 3.00 bits per heavy atom. The topological polar surface area (TPSA) is 96.8 Å². The van der Waals surface area contributed by atoms with Gasteiger partial charge in [0.1, 0.15) is 5.56 Å². The third-order valence-electron chi connectivity index (χ3n) is 4.19. The van der Waals surface area contributed by atoms with Crippen molar-refractivity contribution < 1.29 is 9.59 Å². The van der Waals surface area contributed by atoms with E-state index in [1.54, 1.807) is 12.5 Å². The summed E-state index contributed by atoms with van der Waals surface area (Å²) in [5.74, 6) is -0.256. The van der Waals surface area contributed by atoms with Crippen molar-refractivity contribution in [3.05, 3.63) is 52.0 Å². The van der Waals surface area contributed by atoms with Crippen LogP contribution in [0.15, 0.2) is 29.6 Å². The van der Waals surface area contributed by atoms with E-state index in [4.69, 9.17) is 0 Å². The number of fused-ring (bicyclic) bond motifs is 1. The number of nitrogens with one attached hydrogen (secondary N) is 2. The number of H-pyrrole nitrogens is 1. The standard InChI is InChI=1S/C17H20N4O3/c1-11-7-14-12(15(22)8-11)9-13(17(24)20-14)16(23)19-3-2-5-21-6-4-18-10-21/h4,6,9-11H,2-3,5,7-8H2,1H3,(H,19,23)(H,20,24). The quantitative estimate of drug-likeness (QED) is 0.805. The summed E-state index contributed by atoms with van der Waals surface area (Å²) in [4.78, 5) is 43.1. The molecule has 1 atom stereocenters. The first-order valence-electron chi connectivity index (χ1n) is 8.08. The minimum Gasteiger partial charge on any atom is -0.352 e. The lowest BCUT2D eigenvalue weighted by atomic mass is 9.86. The van der Waals surface area contributed by atoms with E-state index in [0.717, 1.165) is 13.0 Å². The monoisotopic (exact) mass is 328 g/mol. The molecule has 2 aromatic heterocycles. The maximum absolute atomic E-state index is 12.2. The van der Waals surface area contributed by atoms with Gasteiger partial charge in [0.15, 0.2) is 5.78 Å². The zero-order valence-corrected chi connectivity index (χ0v) is 13.5. The fourth-order valence-electron chi connectivity index (χ4n) is 2.97. The Kier molecular flexibility index (Phi) is 4.59. The Balaban J connectivity index is 1.65. The average Bonchev–Trinajstić information content (AvgIpc) is 3.04. The molecule has 1 amide bonds. The number of carbonyl (C=O) groups is 2. The lowest BCUT2D eigenvalue weighted by Crippen LogP contribution is -2.33. The number of Topliss-reactive ketones (excluding diaryl/α,β-unsaturated/α-hetero) is 1. The second-order valence-corrected chi connectivity index (χ2v) is 6.25. The molecule has 1 unspecified atom stereocenters.